The number of rotatable bonds is 3. The van der Waals surface area contributed by atoms with E-state index in [1.165, 1.54) is 32.2 Å². The highest BCUT2D eigenvalue weighted by atomic mass is 16.5. The highest BCUT2D eigenvalue weighted by Crippen LogP contribution is 2.34. The minimum Gasteiger partial charge on any atom is -0.493 e. The van der Waals surface area contributed by atoms with Crippen LogP contribution in [0.2, 0.25) is 0 Å². The number of amides is 1. The van der Waals surface area contributed by atoms with Crippen molar-refractivity contribution in [2.45, 2.75) is 0 Å². The summed E-state index contributed by atoms with van der Waals surface area (Å²) >= 11 is 0. The molecule has 122 valence electrons. The van der Waals surface area contributed by atoms with Gasteiger partial charge in [-0.3, -0.25) is 14.5 Å². The molecule has 0 atom stereocenters. The van der Waals surface area contributed by atoms with Crippen LogP contribution in [-0.4, -0.2) is 43.7 Å². The maximum absolute atomic E-state index is 12.4. The van der Waals surface area contributed by atoms with E-state index in [0.29, 0.717) is 28.6 Å². The molecule has 1 aliphatic rings. The van der Waals surface area contributed by atoms with E-state index in [9.17, 15) is 9.59 Å². The van der Waals surface area contributed by atoms with E-state index in [-0.39, 0.29) is 5.56 Å². The van der Waals surface area contributed by atoms with Gasteiger partial charge in [0.2, 0.25) is 0 Å². The van der Waals surface area contributed by atoms with Crippen molar-refractivity contribution >= 4 is 23.2 Å². The minimum absolute atomic E-state index is 0.255. The van der Waals surface area contributed by atoms with Gasteiger partial charge in [-0.15, -0.1) is 0 Å². The van der Waals surface area contributed by atoms with E-state index in [1.807, 2.05) is 30.3 Å². The zero-order valence-electron chi connectivity index (χ0n) is 13.6. The fourth-order valence-corrected chi connectivity index (χ4v) is 2.56. The summed E-state index contributed by atoms with van der Waals surface area (Å²) in [6.07, 6.45) is 0. The number of hydrogen-bond acceptors (Lipinski definition) is 5. The molecule has 1 amide bonds. The number of aliphatic imine (C=N–C) groups is 1. The lowest BCUT2D eigenvalue weighted by molar-refractivity contribution is -0.122. The van der Waals surface area contributed by atoms with Gasteiger partial charge in [-0.05, 0) is 24.3 Å². The molecule has 2 aromatic carbocycles. The molecule has 0 saturated heterocycles. The van der Waals surface area contributed by atoms with Crippen LogP contribution in [0, 0.1) is 0 Å². The van der Waals surface area contributed by atoms with Crippen LogP contribution in [0.5, 0.6) is 11.5 Å². The Bertz CT molecular complexity index is 844. The van der Waals surface area contributed by atoms with Crippen molar-refractivity contribution in [2.75, 3.05) is 21.3 Å². The van der Waals surface area contributed by atoms with E-state index in [0.717, 1.165) is 0 Å². The molecule has 1 heterocycles. The number of carbonyl (C=O) groups excluding carboxylic acids is 2. The minimum atomic E-state index is -0.635. The fourth-order valence-electron chi connectivity index (χ4n) is 2.56. The lowest BCUT2D eigenvalue weighted by atomic mass is 9.96. The average molecular weight is 324 g/mol. The molecule has 0 N–H and O–H groups in total. The number of nitrogens with zero attached hydrogens (tertiary/aromatic N) is 2. The Morgan fingerprint density at radius 2 is 1.50 bits per heavy atom. The predicted octanol–water partition coefficient (Wildman–Crippen LogP) is 2.44. The highest BCUT2D eigenvalue weighted by Gasteiger charge is 2.35. The van der Waals surface area contributed by atoms with Gasteiger partial charge < -0.3 is 9.47 Å². The topological polar surface area (TPSA) is 68.2 Å². The van der Waals surface area contributed by atoms with Gasteiger partial charge in [-0.25, -0.2) is 4.99 Å². The third kappa shape index (κ3) is 2.52. The number of ether oxygens (including phenoxy) is 2. The van der Waals surface area contributed by atoms with Gasteiger partial charge in [0.05, 0.1) is 19.9 Å². The van der Waals surface area contributed by atoms with Crippen LogP contribution in [0.3, 0.4) is 0 Å². The van der Waals surface area contributed by atoms with Crippen LogP contribution in [0.25, 0.3) is 0 Å². The van der Waals surface area contributed by atoms with Crippen LogP contribution in [0.15, 0.2) is 47.5 Å². The van der Waals surface area contributed by atoms with Crippen molar-refractivity contribution in [1.82, 2.24) is 4.90 Å². The number of likely N-dealkylation sites (N-methyl/N-ethyl adjacent to an activating group) is 1. The van der Waals surface area contributed by atoms with E-state index in [1.54, 1.807) is 6.07 Å². The summed E-state index contributed by atoms with van der Waals surface area (Å²) in [5.74, 6) is 0.0141. The molecule has 24 heavy (non-hydrogen) atoms. The second-order valence-corrected chi connectivity index (χ2v) is 5.22. The monoisotopic (exact) mass is 324 g/mol. The Kier molecular flexibility index (Phi) is 4.04. The van der Waals surface area contributed by atoms with E-state index in [2.05, 4.69) is 4.99 Å². The zero-order chi connectivity index (χ0) is 17.3. The molecule has 0 bridgehead atoms. The number of para-hydroxylation sites is 1. The Hall–Kier alpha value is -3.15. The van der Waals surface area contributed by atoms with Crippen molar-refractivity contribution in [2.24, 2.45) is 4.99 Å². The average Bonchev–Trinajstić information content (AvgIpc) is 2.63. The number of fused-ring (bicyclic) bond motifs is 1. The number of benzene rings is 2. The number of Topliss-reactive ketones (excluding diaryl/α,β-unsaturated/α-hetero) is 1. The molecule has 0 spiro atoms. The maximum Gasteiger partial charge on any atom is 0.300 e. The highest BCUT2D eigenvalue weighted by molar-refractivity contribution is 6.49. The quantitative estimate of drug-likeness (QED) is 0.813. The first-order chi connectivity index (χ1) is 11.6. The van der Waals surface area contributed by atoms with Crippen molar-refractivity contribution < 1.29 is 19.1 Å². The van der Waals surface area contributed by atoms with E-state index >= 15 is 0 Å². The molecular formula is C18H16N2O4. The molecule has 2 aromatic rings. The van der Waals surface area contributed by atoms with Gasteiger partial charge in [0.25, 0.3) is 11.7 Å². The summed E-state index contributed by atoms with van der Waals surface area (Å²) in [5, 5.41) is 0. The van der Waals surface area contributed by atoms with Gasteiger partial charge in [0, 0.05) is 18.2 Å². The molecule has 1 aliphatic heterocycles. The van der Waals surface area contributed by atoms with Gasteiger partial charge in [0.1, 0.15) is 5.84 Å². The number of methoxy groups -OCH3 is 2. The first kappa shape index (κ1) is 15.7. The largest absolute Gasteiger partial charge is 0.493 e. The number of carbonyl (C=O) groups is 2. The molecule has 0 saturated carbocycles. The molecule has 0 aliphatic carbocycles. The molecule has 0 aromatic heterocycles. The van der Waals surface area contributed by atoms with Crippen LogP contribution in [0.1, 0.15) is 15.9 Å². The third-order valence-corrected chi connectivity index (χ3v) is 3.82. The second kappa shape index (κ2) is 6.16. The summed E-state index contributed by atoms with van der Waals surface area (Å²) in [7, 11) is 4.52. The molecule has 0 unspecified atom stereocenters. The predicted molar refractivity (Wildman–Crippen MR) is 89.3 cm³/mol. The van der Waals surface area contributed by atoms with Gasteiger partial charge in [0.15, 0.2) is 11.5 Å². The van der Waals surface area contributed by atoms with E-state index in [4.69, 9.17) is 9.47 Å². The van der Waals surface area contributed by atoms with Gasteiger partial charge in [-0.2, -0.15) is 0 Å². The first-order valence-electron chi connectivity index (χ1n) is 7.29. The maximum atomic E-state index is 12.4. The molecule has 3 rings (SSSR count). The molecule has 0 fully saturated rings. The molecule has 0 radical (unpaired) electrons. The summed E-state index contributed by atoms with van der Waals surface area (Å²) in [6.45, 7) is 0. The van der Waals surface area contributed by atoms with Gasteiger partial charge >= 0.3 is 0 Å². The summed E-state index contributed by atoms with van der Waals surface area (Å²) in [4.78, 5) is 30.4. The van der Waals surface area contributed by atoms with E-state index < -0.39 is 11.7 Å². The first-order valence-corrected chi connectivity index (χ1v) is 7.29. The lowest BCUT2D eigenvalue weighted by Crippen LogP contribution is -2.44. The SMILES string of the molecule is COc1cc2c(cc1OC)C(=Nc1ccccc1)N(C)C(=O)C2=O. The molecular weight excluding hydrogens is 308 g/mol. The summed E-state index contributed by atoms with van der Waals surface area (Å²) in [5.41, 5.74) is 1.47. The Morgan fingerprint density at radius 3 is 2.08 bits per heavy atom. The normalized spacial score (nSPS) is 15.5. The van der Waals surface area contributed by atoms with Crippen LogP contribution in [0.4, 0.5) is 5.69 Å². The summed E-state index contributed by atoms with van der Waals surface area (Å²) < 4.78 is 10.5. The Morgan fingerprint density at radius 1 is 0.917 bits per heavy atom. The van der Waals surface area contributed by atoms with Crippen LogP contribution >= 0.6 is 0 Å². The Labute approximate surface area is 139 Å². The van der Waals surface area contributed by atoms with Crippen LogP contribution < -0.4 is 9.47 Å². The third-order valence-electron chi connectivity index (χ3n) is 3.82. The smallest absolute Gasteiger partial charge is 0.300 e. The number of hydrogen-bond donors (Lipinski definition) is 0. The molecule has 6 nitrogen and oxygen atoms in total. The second-order valence-electron chi connectivity index (χ2n) is 5.22. The Balaban J connectivity index is 2.25. The standard InChI is InChI=1S/C18H16N2O4/c1-20-17(19-11-7-5-4-6-8-11)13-10-15(24-3)14(23-2)9-12(13)16(21)18(20)22/h4-10H,1-3H3. The van der Waals surface area contributed by atoms with Crippen molar-refractivity contribution in [3.63, 3.8) is 0 Å². The molecule has 6 heteroatoms. The van der Waals surface area contributed by atoms with Crippen molar-refractivity contribution in [3.05, 3.63) is 53.6 Å². The fraction of sp³-hybridized carbons (Fsp3) is 0.167. The lowest BCUT2D eigenvalue weighted by Gasteiger charge is -2.26. The number of ketones is 1. The van der Waals surface area contributed by atoms with Crippen molar-refractivity contribution in [1.29, 1.82) is 0 Å². The number of amidine groups is 1. The van der Waals surface area contributed by atoms with Gasteiger partial charge in [-0.1, -0.05) is 18.2 Å². The van der Waals surface area contributed by atoms with Crippen molar-refractivity contribution in [3.8, 4) is 11.5 Å². The zero-order valence-corrected chi connectivity index (χ0v) is 13.6. The summed E-state index contributed by atoms with van der Waals surface area (Å²) in [6, 6.07) is 12.4. The van der Waals surface area contributed by atoms with Crippen LogP contribution in [-0.2, 0) is 4.79 Å².